The summed E-state index contributed by atoms with van der Waals surface area (Å²) in [6.45, 7) is 3.68. The van der Waals surface area contributed by atoms with Crippen molar-refractivity contribution in [2.45, 2.75) is 12.5 Å². The number of aliphatic hydroxyl groups is 1. The molecular weight excluding hydrogens is 281 g/mol. The van der Waals surface area contributed by atoms with E-state index in [9.17, 15) is 9.50 Å². The predicted molar refractivity (Wildman–Crippen MR) is 77.2 cm³/mol. The van der Waals surface area contributed by atoms with Gasteiger partial charge in [0.2, 0.25) is 0 Å². The van der Waals surface area contributed by atoms with E-state index in [1.807, 2.05) is 6.07 Å². The van der Waals surface area contributed by atoms with Crippen LogP contribution in [0.2, 0.25) is 0 Å². The van der Waals surface area contributed by atoms with E-state index in [2.05, 4.69) is 10.2 Å². The van der Waals surface area contributed by atoms with Crippen LogP contribution in [-0.2, 0) is 0 Å². The summed E-state index contributed by atoms with van der Waals surface area (Å²) in [5.74, 6) is -0.491. The maximum Gasteiger partial charge on any atom is 0.140 e. The highest BCUT2D eigenvalue weighted by Gasteiger charge is 2.22. The molecule has 2 rings (SSSR count). The molecular formula is C14H19ClFN3O. The van der Waals surface area contributed by atoms with Gasteiger partial charge in [-0.1, -0.05) is 6.07 Å². The van der Waals surface area contributed by atoms with Crippen LogP contribution in [0, 0.1) is 17.1 Å². The summed E-state index contributed by atoms with van der Waals surface area (Å²) >= 11 is 0. The van der Waals surface area contributed by atoms with Gasteiger partial charge < -0.3 is 10.4 Å². The monoisotopic (exact) mass is 299 g/mol. The molecule has 2 N–H and O–H groups in total. The van der Waals surface area contributed by atoms with Gasteiger partial charge in [-0.05, 0) is 24.1 Å². The molecule has 1 fully saturated rings. The molecule has 0 spiro atoms. The number of halogens is 2. The minimum absolute atomic E-state index is 0. The van der Waals surface area contributed by atoms with Gasteiger partial charge in [-0.25, -0.2) is 4.39 Å². The number of hydrogen-bond donors (Lipinski definition) is 2. The summed E-state index contributed by atoms with van der Waals surface area (Å²) in [6.07, 6.45) is 0.594. The Bertz CT molecular complexity index is 472. The lowest BCUT2D eigenvalue weighted by molar-refractivity contribution is 0.141. The molecule has 0 unspecified atom stereocenters. The van der Waals surface area contributed by atoms with E-state index < -0.39 is 5.82 Å². The van der Waals surface area contributed by atoms with Crippen LogP contribution in [0.5, 0.6) is 0 Å². The fraction of sp³-hybridized carbons (Fsp3) is 0.500. The van der Waals surface area contributed by atoms with E-state index in [-0.39, 0.29) is 30.6 Å². The van der Waals surface area contributed by atoms with Crippen molar-refractivity contribution in [2.24, 2.45) is 0 Å². The third-order valence-electron chi connectivity index (χ3n) is 3.49. The first kappa shape index (κ1) is 16.9. The lowest BCUT2D eigenvalue weighted by Gasteiger charge is -2.35. The number of nitriles is 1. The largest absolute Gasteiger partial charge is 0.396 e. The SMILES string of the molecule is Cl.N#Cc1cc([C@@H](CCO)N2CCNCC2)ccc1F. The second kappa shape index (κ2) is 8.18. The van der Waals surface area contributed by atoms with Gasteiger partial charge in [-0.2, -0.15) is 5.26 Å². The Morgan fingerprint density at radius 3 is 2.70 bits per heavy atom. The highest BCUT2D eigenvalue weighted by atomic mass is 35.5. The lowest BCUT2D eigenvalue weighted by atomic mass is 9.99. The lowest BCUT2D eigenvalue weighted by Crippen LogP contribution is -2.45. The molecule has 1 aliphatic rings. The number of nitrogens with zero attached hydrogens (tertiary/aromatic N) is 2. The van der Waals surface area contributed by atoms with Crippen molar-refractivity contribution in [2.75, 3.05) is 32.8 Å². The van der Waals surface area contributed by atoms with Crippen molar-refractivity contribution in [3.05, 3.63) is 35.1 Å². The number of piperazine rings is 1. The number of nitrogens with one attached hydrogen (secondary N) is 1. The van der Waals surface area contributed by atoms with Gasteiger partial charge in [-0.3, -0.25) is 4.90 Å². The maximum absolute atomic E-state index is 13.4. The molecule has 0 aliphatic carbocycles. The van der Waals surface area contributed by atoms with Crippen LogP contribution in [0.3, 0.4) is 0 Å². The second-order valence-corrected chi connectivity index (χ2v) is 4.67. The van der Waals surface area contributed by atoms with E-state index in [1.165, 1.54) is 6.07 Å². The Morgan fingerprint density at radius 2 is 2.10 bits per heavy atom. The Labute approximate surface area is 124 Å². The Morgan fingerprint density at radius 1 is 1.40 bits per heavy atom. The predicted octanol–water partition coefficient (Wildman–Crippen LogP) is 1.45. The molecule has 1 saturated heterocycles. The molecule has 1 aliphatic heterocycles. The number of aliphatic hydroxyl groups excluding tert-OH is 1. The first-order chi connectivity index (χ1) is 9.26. The van der Waals surface area contributed by atoms with E-state index in [0.717, 1.165) is 31.7 Å². The molecule has 20 heavy (non-hydrogen) atoms. The maximum atomic E-state index is 13.4. The Hall–Kier alpha value is -1.19. The highest BCUT2D eigenvalue weighted by molar-refractivity contribution is 5.85. The number of hydrogen-bond acceptors (Lipinski definition) is 4. The molecule has 0 bridgehead atoms. The normalized spacial score (nSPS) is 17.1. The highest BCUT2D eigenvalue weighted by Crippen LogP contribution is 2.26. The zero-order valence-electron chi connectivity index (χ0n) is 11.2. The number of rotatable bonds is 4. The summed E-state index contributed by atoms with van der Waals surface area (Å²) in [4.78, 5) is 2.26. The molecule has 1 aromatic carbocycles. The van der Waals surface area contributed by atoms with Gasteiger partial charge in [0.15, 0.2) is 0 Å². The summed E-state index contributed by atoms with van der Waals surface area (Å²) in [6, 6.07) is 6.54. The fourth-order valence-electron chi connectivity index (χ4n) is 2.51. The average Bonchev–Trinajstić information content (AvgIpc) is 2.46. The third-order valence-corrected chi connectivity index (χ3v) is 3.49. The van der Waals surface area contributed by atoms with Crippen molar-refractivity contribution in [3.63, 3.8) is 0 Å². The van der Waals surface area contributed by atoms with Crippen LogP contribution in [-0.4, -0.2) is 42.8 Å². The van der Waals surface area contributed by atoms with Gasteiger partial charge in [0, 0.05) is 38.8 Å². The molecule has 0 amide bonds. The van der Waals surface area contributed by atoms with Gasteiger partial charge in [0.05, 0.1) is 5.56 Å². The zero-order valence-corrected chi connectivity index (χ0v) is 12.0. The molecule has 0 radical (unpaired) electrons. The Balaban J connectivity index is 0.00000200. The molecule has 0 aromatic heterocycles. The van der Waals surface area contributed by atoms with Gasteiger partial charge in [0.1, 0.15) is 11.9 Å². The summed E-state index contributed by atoms with van der Waals surface area (Å²) < 4.78 is 13.4. The van der Waals surface area contributed by atoms with Crippen molar-refractivity contribution >= 4 is 12.4 Å². The molecule has 0 saturated carbocycles. The Kier molecular flexibility index (Phi) is 6.89. The van der Waals surface area contributed by atoms with Crippen LogP contribution in [0.1, 0.15) is 23.6 Å². The second-order valence-electron chi connectivity index (χ2n) is 4.67. The summed E-state index contributed by atoms with van der Waals surface area (Å²) in [5.41, 5.74) is 0.962. The molecule has 110 valence electrons. The van der Waals surface area contributed by atoms with E-state index in [1.54, 1.807) is 12.1 Å². The summed E-state index contributed by atoms with van der Waals surface area (Å²) in [7, 11) is 0. The minimum atomic E-state index is -0.491. The molecule has 6 heteroatoms. The van der Waals surface area contributed by atoms with Crippen LogP contribution in [0.4, 0.5) is 4.39 Å². The smallest absolute Gasteiger partial charge is 0.140 e. The fourth-order valence-corrected chi connectivity index (χ4v) is 2.51. The van der Waals surface area contributed by atoms with E-state index in [4.69, 9.17) is 5.26 Å². The van der Waals surface area contributed by atoms with E-state index in [0.29, 0.717) is 6.42 Å². The van der Waals surface area contributed by atoms with Crippen LogP contribution >= 0.6 is 12.4 Å². The van der Waals surface area contributed by atoms with Crippen LogP contribution in [0.15, 0.2) is 18.2 Å². The van der Waals surface area contributed by atoms with Crippen LogP contribution in [0.25, 0.3) is 0 Å². The molecule has 4 nitrogen and oxygen atoms in total. The number of benzene rings is 1. The average molecular weight is 300 g/mol. The van der Waals surface area contributed by atoms with Gasteiger partial charge >= 0.3 is 0 Å². The third kappa shape index (κ3) is 3.90. The first-order valence-electron chi connectivity index (χ1n) is 6.51. The quantitative estimate of drug-likeness (QED) is 0.883. The zero-order chi connectivity index (χ0) is 13.7. The van der Waals surface area contributed by atoms with Crippen molar-refractivity contribution < 1.29 is 9.50 Å². The molecule has 1 heterocycles. The van der Waals surface area contributed by atoms with Gasteiger partial charge in [-0.15, -0.1) is 12.4 Å². The van der Waals surface area contributed by atoms with Crippen molar-refractivity contribution in [1.29, 1.82) is 5.26 Å². The molecule has 1 aromatic rings. The molecule has 1 atom stereocenters. The minimum Gasteiger partial charge on any atom is -0.396 e. The topological polar surface area (TPSA) is 59.3 Å². The van der Waals surface area contributed by atoms with E-state index >= 15 is 0 Å². The first-order valence-corrected chi connectivity index (χ1v) is 6.51. The van der Waals surface area contributed by atoms with Crippen LogP contribution < -0.4 is 5.32 Å². The van der Waals surface area contributed by atoms with Crippen molar-refractivity contribution in [3.8, 4) is 6.07 Å². The van der Waals surface area contributed by atoms with Crippen molar-refractivity contribution in [1.82, 2.24) is 10.2 Å². The standard InChI is InChI=1S/C14H18FN3O.ClH/c15-13-2-1-11(9-12(13)10-16)14(3-8-19)18-6-4-17-5-7-18;/h1-2,9,14,17,19H,3-8H2;1H/t14-;/m1./s1. The van der Waals surface area contributed by atoms with Gasteiger partial charge in [0.25, 0.3) is 0 Å². The summed E-state index contributed by atoms with van der Waals surface area (Å²) in [5, 5.41) is 21.4.